The van der Waals surface area contributed by atoms with Gasteiger partial charge in [-0.15, -0.1) is 0 Å². The molecule has 0 aliphatic heterocycles. The highest BCUT2D eigenvalue weighted by Gasteiger charge is 2.24. The molecule has 15 aromatic rings. The molecule has 5 aromatic heterocycles. The highest BCUT2D eigenvalue weighted by atomic mass is 16.3. The summed E-state index contributed by atoms with van der Waals surface area (Å²) in [6.07, 6.45) is 0. The summed E-state index contributed by atoms with van der Waals surface area (Å²) < 4.78 is 17.4. The van der Waals surface area contributed by atoms with Crippen LogP contribution in [0.2, 0.25) is 0 Å². The van der Waals surface area contributed by atoms with Gasteiger partial charge in [-0.05, 0) is 83.9 Å². The van der Waals surface area contributed by atoms with Crippen molar-refractivity contribution in [1.82, 2.24) is 24.1 Å². The van der Waals surface area contributed by atoms with Crippen LogP contribution >= 0.6 is 0 Å². The molecule has 0 N–H and O–H groups in total. The lowest BCUT2D eigenvalue weighted by molar-refractivity contribution is 0.668. The second-order valence-corrected chi connectivity index (χ2v) is 18.2. The number of furan rings is 2. The van der Waals surface area contributed by atoms with Gasteiger partial charge in [0.05, 0.1) is 38.9 Å². The van der Waals surface area contributed by atoms with Crippen LogP contribution in [0.4, 0.5) is 0 Å². The molecule has 72 heavy (non-hydrogen) atoms. The molecule has 15 rings (SSSR count). The Balaban J connectivity index is 0.936. The van der Waals surface area contributed by atoms with Crippen molar-refractivity contribution in [1.29, 1.82) is 5.26 Å². The van der Waals surface area contributed by atoms with Crippen LogP contribution in [0.5, 0.6) is 0 Å². The van der Waals surface area contributed by atoms with Crippen LogP contribution < -0.4 is 0 Å². The van der Waals surface area contributed by atoms with E-state index < -0.39 is 0 Å². The monoisotopic (exact) mass is 920 g/mol. The largest absolute Gasteiger partial charge is 0.456 e. The smallest absolute Gasteiger partial charge is 0.167 e. The van der Waals surface area contributed by atoms with Crippen molar-refractivity contribution in [3.05, 3.63) is 224 Å². The van der Waals surface area contributed by atoms with Gasteiger partial charge in [0.2, 0.25) is 0 Å². The normalized spacial score (nSPS) is 11.9. The molecule has 0 amide bonds. The van der Waals surface area contributed by atoms with Gasteiger partial charge in [-0.25, -0.2) is 15.0 Å². The molecule has 0 saturated heterocycles. The molecular weight excluding hydrogens is 885 g/mol. The van der Waals surface area contributed by atoms with E-state index in [1.165, 1.54) is 0 Å². The summed E-state index contributed by atoms with van der Waals surface area (Å²) in [5.41, 5.74) is 14.1. The number of rotatable bonds is 6. The predicted molar refractivity (Wildman–Crippen MR) is 290 cm³/mol. The molecule has 10 aromatic carbocycles. The molecule has 0 atom stereocenters. The van der Waals surface area contributed by atoms with E-state index in [1.54, 1.807) is 0 Å². The van der Waals surface area contributed by atoms with Gasteiger partial charge in [0.1, 0.15) is 28.4 Å². The first-order valence-corrected chi connectivity index (χ1v) is 23.9. The lowest BCUT2D eigenvalue weighted by atomic mass is 10.0. The van der Waals surface area contributed by atoms with E-state index >= 15 is 0 Å². The third-order valence-corrected chi connectivity index (χ3v) is 14.2. The standard InChI is InChI=1S/C64H36N6O2/c65-37-42-35-41(63-66-62(40-27-25-39(26-28-40)38-13-2-1-3-14-38)67-64(68-63)50-20-12-19-48-45-16-6-11-24-57(45)72-61(48)50)29-32-52(42)70-53-21-8-4-15-44(53)47-31-33-55-59(60(47)70)49-18-5-9-22-54(49)69(55)43-30-34-58-51(36-43)46-17-7-10-23-56(46)71-58/h1-36H. The summed E-state index contributed by atoms with van der Waals surface area (Å²) in [6, 6.07) is 77.4. The second-order valence-electron chi connectivity index (χ2n) is 18.2. The first-order chi connectivity index (χ1) is 35.6. The van der Waals surface area contributed by atoms with E-state index in [2.05, 4.69) is 155 Å². The Morgan fingerprint density at radius 2 is 0.972 bits per heavy atom. The van der Waals surface area contributed by atoms with Crippen LogP contribution in [-0.2, 0) is 0 Å². The highest BCUT2D eigenvalue weighted by Crippen LogP contribution is 2.44. The molecular formula is C64H36N6O2. The summed E-state index contributed by atoms with van der Waals surface area (Å²) in [6.45, 7) is 0. The molecule has 8 heteroatoms. The fraction of sp³-hybridized carbons (Fsp3) is 0. The molecule has 0 fully saturated rings. The van der Waals surface area contributed by atoms with Gasteiger partial charge in [-0.1, -0.05) is 146 Å². The van der Waals surface area contributed by atoms with Crippen LogP contribution in [0.3, 0.4) is 0 Å². The summed E-state index contributed by atoms with van der Waals surface area (Å²) in [5.74, 6) is 1.41. The summed E-state index contributed by atoms with van der Waals surface area (Å²) in [4.78, 5) is 15.5. The molecule has 0 unspecified atom stereocenters. The number of aromatic nitrogens is 5. The zero-order chi connectivity index (χ0) is 47.4. The number of nitrogens with zero attached hydrogens (tertiary/aromatic N) is 6. The molecule has 0 bridgehead atoms. The Bertz CT molecular complexity index is 4760. The number of benzene rings is 10. The third kappa shape index (κ3) is 5.95. The zero-order valence-electron chi connectivity index (χ0n) is 38.3. The number of hydrogen-bond acceptors (Lipinski definition) is 6. The fourth-order valence-corrected chi connectivity index (χ4v) is 11.0. The topological polar surface area (TPSA) is 98.6 Å². The van der Waals surface area contributed by atoms with Crippen molar-refractivity contribution in [3.63, 3.8) is 0 Å². The van der Waals surface area contributed by atoms with E-state index in [9.17, 15) is 5.26 Å². The van der Waals surface area contributed by atoms with Gasteiger partial charge in [0, 0.05) is 59.9 Å². The van der Waals surface area contributed by atoms with E-state index in [0.29, 0.717) is 34.2 Å². The highest BCUT2D eigenvalue weighted by molar-refractivity contribution is 6.26. The van der Waals surface area contributed by atoms with Crippen LogP contribution in [0.25, 0.3) is 144 Å². The van der Waals surface area contributed by atoms with E-state index in [4.69, 9.17) is 23.8 Å². The Kier molecular flexibility index (Phi) is 8.55. The predicted octanol–water partition coefficient (Wildman–Crippen LogP) is 16.4. The SMILES string of the molecule is N#Cc1cc(-c2nc(-c3ccc(-c4ccccc4)cc3)nc(-c3cccc4c3oc3ccccc34)n2)ccc1-n1c2ccccc2c2ccc3c(c4ccccc4n3-c3ccc4oc5ccccc5c4c3)c21. The van der Waals surface area contributed by atoms with E-state index in [-0.39, 0.29) is 0 Å². The number of para-hydroxylation sites is 5. The first-order valence-electron chi connectivity index (χ1n) is 23.9. The minimum absolute atomic E-state index is 0.438. The van der Waals surface area contributed by atoms with Gasteiger partial charge in [0.25, 0.3) is 0 Å². The Morgan fingerprint density at radius 1 is 0.375 bits per heavy atom. The third-order valence-electron chi connectivity index (χ3n) is 14.2. The number of fused-ring (bicyclic) bond motifs is 13. The van der Waals surface area contributed by atoms with Crippen LogP contribution in [0.15, 0.2) is 227 Å². The van der Waals surface area contributed by atoms with Crippen molar-refractivity contribution < 1.29 is 8.83 Å². The number of hydrogen-bond donors (Lipinski definition) is 0. The molecule has 5 heterocycles. The zero-order valence-corrected chi connectivity index (χ0v) is 38.3. The molecule has 0 aliphatic carbocycles. The Labute approximate surface area is 410 Å². The van der Waals surface area contributed by atoms with Gasteiger partial charge in [0.15, 0.2) is 17.5 Å². The minimum Gasteiger partial charge on any atom is -0.456 e. The summed E-state index contributed by atoms with van der Waals surface area (Å²) in [7, 11) is 0. The second kappa shape index (κ2) is 15.5. The quantitative estimate of drug-likeness (QED) is 0.165. The Morgan fingerprint density at radius 3 is 1.76 bits per heavy atom. The molecule has 0 radical (unpaired) electrons. The molecule has 0 saturated carbocycles. The van der Waals surface area contributed by atoms with Gasteiger partial charge < -0.3 is 18.0 Å². The van der Waals surface area contributed by atoms with Crippen molar-refractivity contribution in [3.8, 4) is 62.7 Å². The van der Waals surface area contributed by atoms with Gasteiger partial charge >= 0.3 is 0 Å². The van der Waals surface area contributed by atoms with E-state index in [1.807, 2.05) is 78.9 Å². The maximum absolute atomic E-state index is 11.2. The molecule has 334 valence electrons. The fourth-order valence-electron chi connectivity index (χ4n) is 11.0. The lowest BCUT2D eigenvalue weighted by Gasteiger charge is -2.13. The lowest BCUT2D eigenvalue weighted by Crippen LogP contribution is -2.02. The number of nitriles is 1. The molecule has 8 nitrogen and oxygen atoms in total. The first kappa shape index (κ1) is 39.9. The van der Waals surface area contributed by atoms with Gasteiger partial charge in [-0.2, -0.15) is 5.26 Å². The van der Waals surface area contributed by atoms with Crippen molar-refractivity contribution in [2.75, 3.05) is 0 Å². The van der Waals surface area contributed by atoms with Crippen LogP contribution in [0, 0.1) is 11.3 Å². The van der Waals surface area contributed by atoms with Crippen LogP contribution in [0.1, 0.15) is 5.56 Å². The Hall–Kier alpha value is -10.1. The van der Waals surface area contributed by atoms with Crippen LogP contribution in [-0.4, -0.2) is 24.1 Å². The maximum atomic E-state index is 11.2. The average Bonchev–Trinajstić information content (AvgIpc) is 4.21. The van der Waals surface area contributed by atoms with Crippen molar-refractivity contribution in [2.45, 2.75) is 0 Å². The maximum Gasteiger partial charge on any atom is 0.167 e. The van der Waals surface area contributed by atoms with Crippen molar-refractivity contribution in [2.24, 2.45) is 0 Å². The molecule has 0 aliphatic rings. The van der Waals surface area contributed by atoms with E-state index in [0.717, 1.165) is 116 Å². The van der Waals surface area contributed by atoms with Crippen molar-refractivity contribution >= 4 is 87.5 Å². The molecule has 0 spiro atoms. The average molecular weight is 921 g/mol. The minimum atomic E-state index is 0.438. The van der Waals surface area contributed by atoms with Gasteiger partial charge in [-0.3, -0.25) is 0 Å². The summed E-state index contributed by atoms with van der Waals surface area (Å²) in [5, 5.41) is 19.8. The summed E-state index contributed by atoms with van der Waals surface area (Å²) >= 11 is 0.